The minimum Gasteiger partial charge on any atom is -0.496 e. The van der Waals surface area contributed by atoms with Crippen LogP contribution in [0.1, 0.15) is 11.4 Å². The minimum absolute atomic E-state index is 0.158. The van der Waals surface area contributed by atoms with Gasteiger partial charge in [-0.25, -0.2) is 28.4 Å². The average Bonchev–Trinajstić information content (AvgIpc) is 2.75. The van der Waals surface area contributed by atoms with Crippen molar-refractivity contribution in [1.82, 2.24) is 19.9 Å². The number of methoxy groups -OCH3 is 1. The second kappa shape index (κ2) is 8.08. The second-order valence-electron chi connectivity index (χ2n) is 6.63. The van der Waals surface area contributed by atoms with Gasteiger partial charge in [0, 0.05) is 27.8 Å². The largest absolute Gasteiger partial charge is 0.496 e. The van der Waals surface area contributed by atoms with Gasteiger partial charge in [-0.15, -0.1) is 0 Å². The lowest BCUT2D eigenvalue weighted by atomic mass is 10.0. The lowest BCUT2D eigenvalue weighted by Gasteiger charge is -2.13. The fourth-order valence-electron chi connectivity index (χ4n) is 3.12. The van der Waals surface area contributed by atoms with Crippen LogP contribution in [0.5, 0.6) is 5.75 Å². The molecule has 2 aromatic heterocycles. The number of hydrogen-bond acceptors (Lipinski definition) is 7. The Bertz CT molecular complexity index is 1350. The van der Waals surface area contributed by atoms with Gasteiger partial charge in [-0.2, -0.15) is 0 Å². The summed E-state index contributed by atoms with van der Waals surface area (Å²) in [5.74, 6) is 0.623. The number of fused-ring (bicyclic) bond motifs is 1. The van der Waals surface area contributed by atoms with Gasteiger partial charge in [-0.3, -0.25) is 0 Å². The van der Waals surface area contributed by atoms with Gasteiger partial charge in [-0.1, -0.05) is 15.9 Å². The molecule has 0 unspecified atom stereocenters. The summed E-state index contributed by atoms with van der Waals surface area (Å²) in [7, 11) is -2.03. The topological polar surface area (TPSA) is 94.9 Å². The molecule has 7 nitrogen and oxygen atoms in total. The van der Waals surface area contributed by atoms with E-state index >= 15 is 0 Å². The second-order valence-corrected chi connectivity index (χ2v) is 9.47. The number of aromatic nitrogens is 4. The Morgan fingerprint density at radius 3 is 2.53 bits per heavy atom. The molecule has 4 aromatic rings. The van der Waals surface area contributed by atoms with Crippen LogP contribution in [0, 0.1) is 6.92 Å². The van der Waals surface area contributed by atoms with Crippen LogP contribution in [0.2, 0.25) is 0 Å². The molecule has 152 valence electrons. The third-order valence-corrected chi connectivity index (χ3v) is 7.11. The molecular weight excluding hydrogens is 468 g/mol. The SMILES string of the molecule is COc1cc(Br)c(C)cc1-c1ncnc2cc(S(=O)(=O)Cc3ncccn3)ccc12. The van der Waals surface area contributed by atoms with Crippen molar-refractivity contribution in [3.8, 4) is 17.0 Å². The van der Waals surface area contributed by atoms with Crippen LogP contribution >= 0.6 is 15.9 Å². The van der Waals surface area contributed by atoms with Crippen molar-refractivity contribution in [1.29, 1.82) is 0 Å². The van der Waals surface area contributed by atoms with Crippen molar-refractivity contribution < 1.29 is 13.2 Å². The zero-order chi connectivity index (χ0) is 21.3. The predicted molar refractivity (Wildman–Crippen MR) is 117 cm³/mol. The molecule has 0 N–H and O–H groups in total. The Balaban J connectivity index is 1.81. The molecule has 30 heavy (non-hydrogen) atoms. The maximum absolute atomic E-state index is 12.8. The van der Waals surface area contributed by atoms with Crippen LogP contribution in [0.15, 0.2) is 64.5 Å². The van der Waals surface area contributed by atoms with Crippen molar-refractivity contribution in [3.05, 3.63) is 71.0 Å². The van der Waals surface area contributed by atoms with Gasteiger partial charge in [0.2, 0.25) is 0 Å². The summed E-state index contributed by atoms with van der Waals surface area (Å²) < 4.78 is 32.1. The summed E-state index contributed by atoms with van der Waals surface area (Å²) in [6.45, 7) is 1.98. The van der Waals surface area contributed by atoms with Crippen LogP contribution in [0.25, 0.3) is 22.2 Å². The minimum atomic E-state index is -3.62. The number of benzene rings is 2. The molecule has 4 rings (SSSR count). The Morgan fingerprint density at radius 2 is 1.80 bits per heavy atom. The van der Waals surface area contributed by atoms with E-state index < -0.39 is 9.84 Å². The van der Waals surface area contributed by atoms with Crippen molar-refractivity contribution in [2.75, 3.05) is 7.11 Å². The molecule has 0 aliphatic heterocycles. The monoisotopic (exact) mass is 484 g/mol. The molecule has 2 aromatic carbocycles. The first-order valence-electron chi connectivity index (χ1n) is 8.97. The van der Waals surface area contributed by atoms with E-state index in [9.17, 15) is 8.42 Å². The van der Waals surface area contributed by atoms with Gasteiger partial charge in [0.1, 0.15) is 23.7 Å². The molecule has 0 aliphatic rings. The van der Waals surface area contributed by atoms with E-state index in [1.165, 1.54) is 18.7 Å². The molecule has 9 heteroatoms. The molecule has 0 amide bonds. The maximum Gasteiger partial charge on any atom is 0.185 e. The van der Waals surface area contributed by atoms with E-state index in [4.69, 9.17) is 4.74 Å². The Hall–Kier alpha value is -2.91. The molecular formula is C21H17BrN4O3S. The highest BCUT2D eigenvalue weighted by Gasteiger charge is 2.19. The van der Waals surface area contributed by atoms with E-state index in [0.717, 1.165) is 21.0 Å². The summed E-state index contributed by atoms with van der Waals surface area (Å²) in [5.41, 5.74) is 3.03. The Labute approximate surface area is 182 Å². The summed E-state index contributed by atoms with van der Waals surface area (Å²) in [5, 5.41) is 0.729. The van der Waals surface area contributed by atoms with Crippen molar-refractivity contribution >= 4 is 36.7 Å². The molecule has 0 aliphatic carbocycles. The first-order valence-corrected chi connectivity index (χ1v) is 11.4. The smallest absolute Gasteiger partial charge is 0.185 e. The van der Waals surface area contributed by atoms with Crippen LogP contribution < -0.4 is 4.74 Å². The molecule has 2 heterocycles. The van der Waals surface area contributed by atoms with Gasteiger partial charge in [-0.05, 0) is 48.9 Å². The zero-order valence-corrected chi connectivity index (χ0v) is 18.6. The van der Waals surface area contributed by atoms with E-state index in [-0.39, 0.29) is 16.5 Å². The number of sulfone groups is 1. The third-order valence-electron chi connectivity index (χ3n) is 4.64. The fraction of sp³-hybridized carbons (Fsp3) is 0.143. The van der Waals surface area contributed by atoms with E-state index in [1.54, 1.807) is 31.4 Å². The normalized spacial score (nSPS) is 11.6. The summed E-state index contributed by atoms with van der Waals surface area (Å²) >= 11 is 3.51. The van der Waals surface area contributed by atoms with E-state index in [2.05, 4.69) is 35.9 Å². The first-order chi connectivity index (χ1) is 14.4. The first kappa shape index (κ1) is 20.4. The van der Waals surface area contributed by atoms with Crippen LogP contribution in [0.3, 0.4) is 0 Å². The van der Waals surface area contributed by atoms with Crippen molar-refractivity contribution in [2.45, 2.75) is 17.6 Å². The van der Waals surface area contributed by atoms with Gasteiger partial charge in [0.25, 0.3) is 0 Å². The zero-order valence-electron chi connectivity index (χ0n) is 16.2. The number of hydrogen-bond donors (Lipinski definition) is 0. The highest BCUT2D eigenvalue weighted by molar-refractivity contribution is 9.10. The number of nitrogens with zero attached hydrogens (tertiary/aromatic N) is 4. The molecule has 0 atom stereocenters. The van der Waals surface area contributed by atoms with Crippen LogP contribution in [-0.2, 0) is 15.6 Å². The van der Waals surface area contributed by atoms with E-state index in [0.29, 0.717) is 17.0 Å². The quantitative estimate of drug-likeness (QED) is 0.419. The van der Waals surface area contributed by atoms with Crippen molar-refractivity contribution in [2.24, 2.45) is 0 Å². The average molecular weight is 485 g/mol. The summed E-state index contributed by atoms with van der Waals surface area (Å²) in [6.07, 6.45) is 4.46. The Kier molecular flexibility index (Phi) is 5.48. The van der Waals surface area contributed by atoms with Gasteiger partial charge < -0.3 is 4.74 Å². The van der Waals surface area contributed by atoms with Gasteiger partial charge in [0.15, 0.2) is 9.84 Å². The fourth-order valence-corrected chi connectivity index (χ4v) is 4.66. The van der Waals surface area contributed by atoms with E-state index in [1.807, 2.05) is 19.1 Å². The Morgan fingerprint density at radius 1 is 1.03 bits per heavy atom. The summed E-state index contributed by atoms with van der Waals surface area (Å²) in [4.78, 5) is 16.9. The molecule has 0 saturated carbocycles. The van der Waals surface area contributed by atoms with Gasteiger partial charge in [0.05, 0.1) is 23.2 Å². The standard InChI is InChI=1S/C21H17BrN4O3S/c1-13-8-16(19(29-2)10-17(13)22)21-15-5-4-14(9-18(15)25-12-26-21)30(27,28)11-20-23-6-3-7-24-20/h3-10,12H,11H2,1-2H3. The molecule has 0 saturated heterocycles. The number of ether oxygens (including phenoxy) is 1. The summed E-state index contributed by atoms with van der Waals surface area (Å²) in [6, 6.07) is 10.3. The van der Waals surface area contributed by atoms with Crippen LogP contribution in [0.4, 0.5) is 0 Å². The number of rotatable bonds is 5. The third kappa shape index (κ3) is 3.90. The molecule has 0 bridgehead atoms. The highest BCUT2D eigenvalue weighted by atomic mass is 79.9. The molecule has 0 radical (unpaired) electrons. The molecule has 0 spiro atoms. The predicted octanol–water partition coefficient (Wildman–Crippen LogP) is 4.14. The highest BCUT2D eigenvalue weighted by Crippen LogP contribution is 2.37. The lowest BCUT2D eigenvalue weighted by Crippen LogP contribution is -2.08. The van der Waals surface area contributed by atoms with Gasteiger partial charge >= 0.3 is 0 Å². The van der Waals surface area contributed by atoms with Crippen molar-refractivity contribution in [3.63, 3.8) is 0 Å². The number of halogens is 1. The maximum atomic E-state index is 12.8. The molecule has 0 fully saturated rings. The lowest BCUT2D eigenvalue weighted by molar-refractivity contribution is 0.416. The van der Waals surface area contributed by atoms with Crippen LogP contribution in [-0.4, -0.2) is 35.5 Å². The number of aryl methyl sites for hydroxylation is 1.